The molecule has 3 heteroatoms. The molecule has 0 radical (unpaired) electrons. The van der Waals surface area contributed by atoms with Crippen LogP contribution in [0.15, 0.2) is 24.3 Å². The van der Waals surface area contributed by atoms with Crippen LogP contribution in [0.5, 0.6) is 0 Å². The van der Waals surface area contributed by atoms with E-state index in [-0.39, 0.29) is 5.82 Å². The van der Waals surface area contributed by atoms with Gasteiger partial charge in [-0.25, -0.2) is 4.39 Å². The second-order valence-corrected chi connectivity index (χ2v) is 4.59. The summed E-state index contributed by atoms with van der Waals surface area (Å²) >= 11 is 0. The maximum Gasteiger partial charge on any atom is 0.123 e. The van der Waals surface area contributed by atoms with Crippen LogP contribution < -0.4 is 10.6 Å². The summed E-state index contributed by atoms with van der Waals surface area (Å²) in [4.78, 5) is 0. The normalized spacial score (nSPS) is 11.1. The Morgan fingerprint density at radius 2 is 2.00 bits per heavy atom. The van der Waals surface area contributed by atoms with E-state index in [1.165, 1.54) is 6.07 Å². The van der Waals surface area contributed by atoms with Crippen molar-refractivity contribution in [2.24, 2.45) is 0 Å². The smallest absolute Gasteiger partial charge is 0.123 e. The largest absolute Gasteiger partial charge is 0.316 e. The minimum atomic E-state index is -0.149. The van der Waals surface area contributed by atoms with E-state index in [1.54, 1.807) is 12.1 Å². The number of rotatable bonds is 8. The summed E-state index contributed by atoms with van der Waals surface area (Å²) in [5, 5.41) is 6.74. The Morgan fingerprint density at radius 3 is 2.71 bits per heavy atom. The summed E-state index contributed by atoms with van der Waals surface area (Å²) in [5.74, 6) is -0.149. The van der Waals surface area contributed by atoms with Crippen LogP contribution in [0.2, 0.25) is 0 Å². The van der Waals surface area contributed by atoms with E-state index in [2.05, 4.69) is 24.5 Å². The van der Waals surface area contributed by atoms with Crippen LogP contribution in [-0.2, 0) is 6.42 Å². The van der Waals surface area contributed by atoms with Crippen molar-refractivity contribution >= 4 is 0 Å². The van der Waals surface area contributed by atoms with Gasteiger partial charge in [0.15, 0.2) is 0 Å². The maximum absolute atomic E-state index is 12.9. The highest BCUT2D eigenvalue weighted by molar-refractivity contribution is 5.16. The molecule has 0 fully saturated rings. The van der Waals surface area contributed by atoms with Gasteiger partial charge in [0.05, 0.1) is 0 Å². The van der Waals surface area contributed by atoms with Crippen molar-refractivity contribution in [3.63, 3.8) is 0 Å². The van der Waals surface area contributed by atoms with Crippen molar-refractivity contribution in [2.45, 2.75) is 32.7 Å². The molecule has 1 aromatic rings. The van der Waals surface area contributed by atoms with Gasteiger partial charge in [-0.05, 0) is 50.2 Å². The Labute approximate surface area is 104 Å². The fourth-order valence-electron chi connectivity index (χ4n) is 1.65. The predicted octanol–water partition coefficient (Wildman–Crippen LogP) is 2.35. The minimum absolute atomic E-state index is 0.149. The first-order valence-corrected chi connectivity index (χ1v) is 6.37. The molecule has 0 aromatic heterocycles. The molecule has 2 N–H and O–H groups in total. The molecule has 0 aliphatic carbocycles. The molecule has 0 saturated heterocycles. The van der Waals surface area contributed by atoms with E-state index in [0.29, 0.717) is 6.04 Å². The number of nitrogens with one attached hydrogen (secondary N) is 2. The van der Waals surface area contributed by atoms with Gasteiger partial charge < -0.3 is 10.6 Å². The quantitative estimate of drug-likeness (QED) is 0.679. The molecule has 0 spiro atoms. The van der Waals surface area contributed by atoms with Gasteiger partial charge in [-0.2, -0.15) is 0 Å². The van der Waals surface area contributed by atoms with E-state index in [9.17, 15) is 4.39 Å². The molecule has 0 aliphatic rings. The Balaban J connectivity index is 2.01. The summed E-state index contributed by atoms with van der Waals surface area (Å²) in [6.07, 6.45) is 2.01. The first kappa shape index (κ1) is 14.1. The summed E-state index contributed by atoms with van der Waals surface area (Å²) in [7, 11) is 0. The summed E-state index contributed by atoms with van der Waals surface area (Å²) < 4.78 is 12.9. The molecule has 0 amide bonds. The van der Waals surface area contributed by atoms with Crippen molar-refractivity contribution in [1.82, 2.24) is 10.6 Å². The standard InChI is InChI=1S/C14H23FN2/c1-12(2)17-9-4-8-16-10-7-13-5-3-6-14(15)11-13/h3,5-6,11-12,16-17H,4,7-10H2,1-2H3. The zero-order valence-electron chi connectivity index (χ0n) is 10.8. The fourth-order valence-corrected chi connectivity index (χ4v) is 1.65. The Hall–Kier alpha value is -0.930. The van der Waals surface area contributed by atoms with Crippen LogP contribution in [-0.4, -0.2) is 25.7 Å². The predicted molar refractivity (Wildman–Crippen MR) is 70.7 cm³/mol. The Kier molecular flexibility index (Phi) is 6.82. The van der Waals surface area contributed by atoms with Gasteiger partial charge in [0.25, 0.3) is 0 Å². The van der Waals surface area contributed by atoms with Crippen LogP contribution in [0.25, 0.3) is 0 Å². The third-order valence-corrected chi connectivity index (χ3v) is 2.56. The molecule has 0 saturated carbocycles. The van der Waals surface area contributed by atoms with Gasteiger partial charge in [0.1, 0.15) is 5.82 Å². The number of hydrogen-bond acceptors (Lipinski definition) is 2. The van der Waals surface area contributed by atoms with Crippen molar-refractivity contribution < 1.29 is 4.39 Å². The molecule has 1 rings (SSSR count). The average Bonchev–Trinajstić information content (AvgIpc) is 2.27. The zero-order chi connectivity index (χ0) is 12.5. The van der Waals surface area contributed by atoms with Crippen LogP contribution >= 0.6 is 0 Å². The van der Waals surface area contributed by atoms with Gasteiger partial charge >= 0.3 is 0 Å². The number of halogens is 1. The molecule has 0 unspecified atom stereocenters. The van der Waals surface area contributed by atoms with Crippen molar-refractivity contribution in [2.75, 3.05) is 19.6 Å². The minimum Gasteiger partial charge on any atom is -0.316 e. The summed E-state index contributed by atoms with van der Waals surface area (Å²) in [6.45, 7) is 7.26. The number of benzene rings is 1. The lowest BCUT2D eigenvalue weighted by Crippen LogP contribution is -2.27. The van der Waals surface area contributed by atoms with Crippen LogP contribution in [0.4, 0.5) is 4.39 Å². The van der Waals surface area contributed by atoms with Crippen molar-refractivity contribution in [3.05, 3.63) is 35.6 Å². The van der Waals surface area contributed by atoms with Crippen molar-refractivity contribution in [1.29, 1.82) is 0 Å². The summed E-state index contributed by atoms with van der Waals surface area (Å²) in [6, 6.07) is 7.36. The van der Waals surface area contributed by atoms with E-state index in [4.69, 9.17) is 0 Å². The van der Waals surface area contributed by atoms with Crippen LogP contribution in [0, 0.1) is 5.82 Å². The first-order chi connectivity index (χ1) is 8.18. The van der Waals surface area contributed by atoms with Gasteiger partial charge in [-0.1, -0.05) is 26.0 Å². The van der Waals surface area contributed by atoms with E-state index >= 15 is 0 Å². The molecule has 0 heterocycles. The average molecular weight is 238 g/mol. The molecule has 17 heavy (non-hydrogen) atoms. The number of hydrogen-bond donors (Lipinski definition) is 2. The Bertz CT molecular complexity index is 313. The highest BCUT2D eigenvalue weighted by atomic mass is 19.1. The van der Waals surface area contributed by atoms with Crippen LogP contribution in [0.3, 0.4) is 0 Å². The van der Waals surface area contributed by atoms with Crippen LogP contribution in [0.1, 0.15) is 25.8 Å². The van der Waals surface area contributed by atoms with Gasteiger partial charge in [-0.15, -0.1) is 0 Å². The molecule has 0 atom stereocenters. The van der Waals surface area contributed by atoms with E-state index in [0.717, 1.165) is 38.0 Å². The third-order valence-electron chi connectivity index (χ3n) is 2.56. The summed E-state index contributed by atoms with van der Waals surface area (Å²) in [5.41, 5.74) is 1.05. The lowest BCUT2D eigenvalue weighted by atomic mass is 10.1. The Morgan fingerprint density at radius 1 is 1.18 bits per heavy atom. The first-order valence-electron chi connectivity index (χ1n) is 6.37. The topological polar surface area (TPSA) is 24.1 Å². The highest BCUT2D eigenvalue weighted by Gasteiger charge is 1.95. The van der Waals surface area contributed by atoms with E-state index < -0.39 is 0 Å². The lowest BCUT2D eigenvalue weighted by Gasteiger charge is -2.08. The second kappa shape index (κ2) is 8.20. The molecule has 96 valence electrons. The molecule has 0 aliphatic heterocycles. The second-order valence-electron chi connectivity index (χ2n) is 4.59. The van der Waals surface area contributed by atoms with E-state index in [1.807, 2.05) is 6.07 Å². The maximum atomic E-state index is 12.9. The third kappa shape index (κ3) is 7.08. The van der Waals surface area contributed by atoms with Crippen molar-refractivity contribution in [3.8, 4) is 0 Å². The fraction of sp³-hybridized carbons (Fsp3) is 0.571. The highest BCUT2D eigenvalue weighted by Crippen LogP contribution is 2.03. The zero-order valence-corrected chi connectivity index (χ0v) is 10.8. The molecule has 1 aromatic carbocycles. The van der Waals surface area contributed by atoms with Gasteiger partial charge in [0, 0.05) is 6.04 Å². The monoisotopic (exact) mass is 238 g/mol. The molecular formula is C14H23FN2. The SMILES string of the molecule is CC(C)NCCCNCCc1cccc(F)c1. The van der Waals surface area contributed by atoms with Gasteiger partial charge in [0.2, 0.25) is 0 Å². The molecule has 2 nitrogen and oxygen atoms in total. The molecular weight excluding hydrogens is 215 g/mol. The lowest BCUT2D eigenvalue weighted by molar-refractivity contribution is 0.548. The molecule has 0 bridgehead atoms. The van der Waals surface area contributed by atoms with Gasteiger partial charge in [-0.3, -0.25) is 0 Å².